The average Bonchev–Trinajstić information content (AvgIpc) is 2.16. The SMILES string of the molecule is NCC#Cc1ccccc1NC(N)=O. The molecule has 14 heavy (non-hydrogen) atoms. The molecule has 0 saturated heterocycles. The molecule has 0 aliphatic rings. The summed E-state index contributed by atoms with van der Waals surface area (Å²) in [5.41, 5.74) is 11.5. The van der Waals surface area contributed by atoms with Gasteiger partial charge in [0.25, 0.3) is 0 Å². The summed E-state index contributed by atoms with van der Waals surface area (Å²) in [4.78, 5) is 10.6. The van der Waals surface area contributed by atoms with Crippen molar-refractivity contribution in [3.05, 3.63) is 29.8 Å². The van der Waals surface area contributed by atoms with E-state index in [1.165, 1.54) is 0 Å². The lowest BCUT2D eigenvalue weighted by Gasteiger charge is -2.03. The Morgan fingerprint density at radius 2 is 2.14 bits per heavy atom. The molecule has 4 heteroatoms. The molecule has 0 spiro atoms. The quantitative estimate of drug-likeness (QED) is 0.562. The third-order valence-corrected chi connectivity index (χ3v) is 1.51. The molecule has 1 aromatic rings. The minimum atomic E-state index is -0.605. The van der Waals surface area contributed by atoms with Gasteiger partial charge in [0.2, 0.25) is 0 Å². The number of nitrogens with one attached hydrogen (secondary N) is 1. The van der Waals surface area contributed by atoms with Gasteiger partial charge < -0.3 is 16.8 Å². The number of amides is 2. The van der Waals surface area contributed by atoms with Gasteiger partial charge in [0.15, 0.2) is 0 Å². The summed E-state index contributed by atoms with van der Waals surface area (Å²) in [6.45, 7) is 0.283. The number of hydrogen-bond donors (Lipinski definition) is 3. The van der Waals surface area contributed by atoms with Crippen molar-refractivity contribution >= 4 is 11.7 Å². The van der Waals surface area contributed by atoms with Gasteiger partial charge in [-0.05, 0) is 12.1 Å². The fourth-order valence-electron chi connectivity index (χ4n) is 0.980. The fraction of sp³-hybridized carbons (Fsp3) is 0.100. The van der Waals surface area contributed by atoms with Crippen LogP contribution in [0.5, 0.6) is 0 Å². The monoisotopic (exact) mass is 189 g/mol. The summed E-state index contributed by atoms with van der Waals surface area (Å²) >= 11 is 0. The number of rotatable bonds is 1. The number of urea groups is 1. The average molecular weight is 189 g/mol. The molecule has 0 radical (unpaired) electrons. The Hall–Kier alpha value is -1.99. The van der Waals surface area contributed by atoms with Crippen LogP contribution in [0, 0.1) is 11.8 Å². The second-order valence-electron chi connectivity index (χ2n) is 2.54. The number of hydrogen-bond acceptors (Lipinski definition) is 2. The van der Waals surface area contributed by atoms with Gasteiger partial charge in [-0.25, -0.2) is 4.79 Å². The molecule has 0 heterocycles. The Morgan fingerprint density at radius 1 is 1.43 bits per heavy atom. The molecule has 0 atom stereocenters. The highest BCUT2D eigenvalue weighted by Gasteiger charge is 1.99. The third-order valence-electron chi connectivity index (χ3n) is 1.51. The Bertz CT molecular complexity index is 390. The summed E-state index contributed by atoms with van der Waals surface area (Å²) in [5.74, 6) is 5.54. The highest BCUT2D eigenvalue weighted by Crippen LogP contribution is 2.12. The number of benzene rings is 1. The molecular formula is C10H11N3O. The third kappa shape index (κ3) is 2.81. The van der Waals surface area contributed by atoms with Gasteiger partial charge in [-0.3, -0.25) is 0 Å². The van der Waals surface area contributed by atoms with Crippen molar-refractivity contribution in [3.8, 4) is 11.8 Å². The van der Waals surface area contributed by atoms with Crippen LogP contribution in [0.4, 0.5) is 10.5 Å². The first-order chi connectivity index (χ1) is 6.74. The predicted molar refractivity (Wildman–Crippen MR) is 55.6 cm³/mol. The lowest BCUT2D eigenvalue weighted by atomic mass is 10.2. The van der Waals surface area contributed by atoms with E-state index in [1.807, 2.05) is 6.07 Å². The molecule has 2 amide bonds. The largest absolute Gasteiger partial charge is 0.351 e. The van der Waals surface area contributed by atoms with E-state index in [2.05, 4.69) is 17.2 Å². The van der Waals surface area contributed by atoms with Crippen LogP contribution in [0.1, 0.15) is 5.56 Å². The van der Waals surface area contributed by atoms with Gasteiger partial charge >= 0.3 is 6.03 Å². The summed E-state index contributed by atoms with van der Waals surface area (Å²) in [7, 11) is 0. The molecular weight excluding hydrogens is 178 g/mol. The zero-order valence-corrected chi connectivity index (χ0v) is 7.58. The lowest BCUT2D eigenvalue weighted by molar-refractivity contribution is 0.259. The summed E-state index contributed by atoms with van der Waals surface area (Å²) < 4.78 is 0. The number of anilines is 1. The van der Waals surface area contributed by atoms with Crippen molar-refractivity contribution in [3.63, 3.8) is 0 Å². The number of para-hydroxylation sites is 1. The van der Waals surface area contributed by atoms with Gasteiger partial charge in [-0.15, -0.1) is 0 Å². The van der Waals surface area contributed by atoms with Crippen LogP contribution in [-0.4, -0.2) is 12.6 Å². The molecule has 5 N–H and O–H groups in total. The highest BCUT2D eigenvalue weighted by molar-refractivity contribution is 5.89. The van der Waals surface area contributed by atoms with Crippen molar-refractivity contribution in [1.82, 2.24) is 0 Å². The van der Waals surface area contributed by atoms with E-state index in [-0.39, 0.29) is 6.54 Å². The molecule has 4 nitrogen and oxygen atoms in total. The highest BCUT2D eigenvalue weighted by atomic mass is 16.2. The Morgan fingerprint density at radius 3 is 2.79 bits per heavy atom. The standard InChI is InChI=1S/C10H11N3O/c11-7-3-5-8-4-1-2-6-9(8)13-10(12)14/h1-2,4,6H,7,11H2,(H3,12,13,14). The maximum absolute atomic E-state index is 10.6. The van der Waals surface area contributed by atoms with E-state index >= 15 is 0 Å². The van der Waals surface area contributed by atoms with Gasteiger partial charge in [0.1, 0.15) is 0 Å². The first-order valence-corrected chi connectivity index (χ1v) is 4.08. The number of primary amides is 1. The molecule has 72 valence electrons. The lowest BCUT2D eigenvalue weighted by Crippen LogP contribution is -2.19. The molecule has 0 aliphatic heterocycles. The smallest absolute Gasteiger partial charge is 0.316 e. The predicted octanol–water partition coefficient (Wildman–Crippen LogP) is 0.487. The minimum Gasteiger partial charge on any atom is -0.351 e. The topological polar surface area (TPSA) is 81.1 Å². The minimum absolute atomic E-state index is 0.283. The Balaban J connectivity index is 2.96. The van der Waals surface area contributed by atoms with Gasteiger partial charge in [0, 0.05) is 5.56 Å². The van der Waals surface area contributed by atoms with E-state index in [0.29, 0.717) is 11.3 Å². The molecule has 0 unspecified atom stereocenters. The number of carbonyl (C=O) groups excluding carboxylic acids is 1. The van der Waals surface area contributed by atoms with Crippen LogP contribution in [0.15, 0.2) is 24.3 Å². The van der Waals surface area contributed by atoms with Crippen molar-refractivity contribution in [2.45, 2.75) is 0 Å². The summed E-state index contributed by atoms with van der Waals surface area (Å²) in [5, 5.41) is 2.48. The van der Waals surface area contributed by atoms with E-state index < -0.39 is 6.03 Å². The van der Waals surface area contributed by atoms with Gasteiger partial charge in [-0.1, -0.05) is 24.0 Å². The molecule has 1 rings (SSSR count). The van der Waals surface area contributed by atoms with Crippen molar-refractivity contribution in [2.75, 3.05) is 11.9 Å². The summed E-state index contributed by atoms with van der Waals surface area (Å²) in [6, 6.07) is 6.53. The summed E-state index contributed by atoms with van der Waals surface area (Å²) in [6.07, 6.45) is 0. The van der Waals surface area contributed by atoms with Crippen LogP contribution in [0.25, 0.3) is 0 Å². The molecule has 0 aliphatic carbocycles. The molecule has 0 fully saturated rings. The van der Waals surface area contributed by atoms with Crippen molar-refractivity contribution in [2.24, 2.45) is 11.5 Å². The second-order valence-corrected chi connectivity index (χ2v) is 2.54. The fourth-order valence-corrected chi connectivity index (χ4v) is 0.980. The van der Waals surface area contributed by atoms with E-state index in [0.717, 1.165) is 0 Å². The van der Waals surface area contributed by atoms with Gasteiger partial charge in [-0.2, -0.15) is 0 Å². The van der Waals surface area contributed by atoms with E-state index in [9.17, 15) is 4.79 Å². The van der Waals surface area contributed by atoms with E-state index in [4.69, 9.17) is 11.5 Å². The van der Waals surface area contributed by atoms with Crippen LogP contribution in [0.3, 0.4) is 0 Å². The normalized spacial score (nSPS) is 8.64. The zero-order chi connectivity index (χ0) is 10.4. The molecule has 0 bridgehead atoms. The molecule has 0 saturated carbocycles. The Labute approximate surface area is 82.3 Å². The van der Waals surface area contributed by atoms with Crippen molar-refractivity contribution < 1.29 is 4.79 Å². The maximum atomic E-state index is 10.6. The van der Waals surface area contributed by atoms with Gasteiger partial charge in [0.05, 0.1) is 12.2 Å². The van der Waals surface area contributed by atoms with Crippen LogP contribution >= 0.6 is 0 Å². The van der Waals surface area contributed by atoms with Crippen LogP contribution < -0.4 is 16.8 Å². The second kappa shape index (κ2) is 4.90. The Kier molecular flexibility index (Phi) is 3.53. The first kappa shape index (κ1) is 10.1. The number of nitrogens with two attached hydrogens (primary N) is 2. The van der Waals surface area contributed by atoms with Crippen LogP contribution in [-0.2, 0) is 0 Å². The first-order valence-electron chi connectivity index (χ1n) is 4.08. The molecule has 0 aromatic heterocycles. The van der Waals surface area contributed by atoms with Crippen molar-refractivity contribution in [1.29, 1.82) is 0 Å². The van der Waals surface area contributed by atoms with Crippen LogP contribution in [0.2, 0.25) is 0 Å². The number of carbonyl (C=O) groups is 1. The van der Waals surface area contributed by atoms with E-state index in [1.54, 1.807) is 18.2 Å². The zero-order valence-electron chi connectivity index (χ0n) is 7.58. The molecule has 1 aromatic carbocycles. The maximum Gasteiger partial charge on any atom is 0.316 e.